The molecule has 7 aromatic carbocycles. The molecule has 0 spiro atoms. The molecule has 0 atom stereocenters. The van der Waals surface area contributed by atoms with Crippen LogP contribution >= 0.6 is 0 Å². The van der Waals surface area contributed by atoms with E-state index in [1.165, 1.54) is 0 Å². The normalized spacial score (nSPS) is 11.8. The second-order valence-electron chi connectivity index (χ2n) is 12.0. The van der Waals surface area contributed by atoms with E-state index in [0.717, 1.165) is 88.3 Å². The Balaban J connectivity index is 1.18. The van der Waals surface area contributed by atoms with Crippen LogP contribution in [-0.2, 0) is 0 Å². The van der Waals surface area contributed by atoms with E-state index in [1.54, 1.807) is 4.80 Å². The molecule has 0 bridgehead atoms. The van der Waals surface area contributed by atoms with Crippen LogP contribution in [0.15, 0.2) is 156 Å². The molecule has 6 heteroatoms. The number of para-hydroxylation sites is 2. The third kappa shape index (κ3) is 4.27. The van der Waals surface area contributed by atoms with Gasteiger partial charge in [-0.25, -0.2) is 9.97 Å². The van der Waals surface area contributed by atoms with Crippen LogP contribution in [-0.4, -0.2) is 25.0 Å². The van der Waals surface area contributed by atoms with Crippen LogP contribution in [0.25, 0.3) is 94.1 Å². The van der Waals surface area contributed by atoms with Crippen molar-refractivity contribution in [3.05, 3.63) is 152 Å². The van der Waals surface area contributed by atoms with Crippen molar-refractivity contribution in [1.82, 2.24) is 25.0 Å². The van der Waals surface area contributed by atoms with Crippen LogP contribution in [0.1, 0.15) is 0 Å². The molecule has 10 rings (SSSR count). The first-order valence-corrected chi connectivity index (χ1v) is 15.9. The predicted octanol–water partition coefficient (Wildman–Crippen LogP) is 10.4. The molecule has 0 amide bonds. The minimum absolute atomic E-state index is 0.648. The molecular weight excluding hydrogens is 590 g/mol. The van der Waals surface area contributed by atoms with Crippen LogP contribution in [0.5, 0.6) is 0 Å². The minimum atomic E-state index is 0.648. The van der Waals surface area contributed by atoms with Crippen molar-refractivity contribution in [2.24, 2.45) is 0 Å². The molecular formula is C42H25N5O. The van der Waals surface area contributed by atoms with Gasteiger partial charge < -0.3 is 4.42 Å². The lowest BCUT2D eigenvalue weighted by Gasteiger charge is -2.11. The summed E-state index contributed by atoms with van der Waals surface area (Å²) in [4.78, 5) is 12.0. The lowest BCUT2D eigenvalue weighted by molar-refractivity contribution is 0.669. The Bertz CT molecular complexity index is 2840. The van der Waals surface area contributed by atoms with E-state index in [1.807, 2.05) is 72.8 Å². The maximum atomic E-state index is 6.24. The van der Waals surface area contributed by atoms with Gasteiger partial charge in [0.1, 0.15) is 22.2 Å². The molecule has 224 valence electrons. The summed E-state index contributed by atoms with van der Waals surface area (Å²) >= 11 is 0. The Morgan fingerprint density at radius 2 is 1.15 bits per heavy atom. The number of furan rings is 1. The Hall–Kier alpha value is -6.66. The maximum absolute atomic E-state index is 6.24. The van der Waals surface area contributed by atoms with Crippen LogP contribution in [0.2, 0.25) is 0 Å². The first-order chi connectivity index (χ1) is 23.7. The highest BCUT2D eigenvalue weighted by atomic mass is 16.3. The average molecular weight is 616 g/mol. The smallest absolute Gasteiger partial charge is 0.160 e. The number of benzene rings is 7. The average Bonchev–Trinajstić information content (AvgIpc) is 3.77. The quantitative estimate of drug-likeness (QED) is 0.184. The van der Waals surface area contributed by atoms with Crippen LogP contribution in [0.3, 0.4) is 0 Å². The summed E-state index contributed by atoms with van der Waals surface area (Å²) in [5, 5.41) is 16.3. The molecule has 3 heterocycles. The molecule has 0 aliphatic heterocycles. The molecule has 0 N–H and O–H groups in total. The lowest BCUT2D eigenvalue weighted by atomic mass is 9.98. The summed E-state index contributed by atoms with van der Waals surface area (Å²) in [7, 11) is 0. The van der Waals surface area contributed by atoms with Gasteiger partial charge in [-0.3, -0.25) is 0 Å². The Kier molecular flexibility index (Phi) is 5.77. The zero-order valence-corrected chi connectivity index (χ0v) is 25.6. The first kappa shape index (κ1) is 26.5. The fourth-order valence-electron chi connectivity index (χ4n) is 6.70. The molecule has 0 saturated heterocycles. The van der Waals surface area contributed by atoms with Gasteiger partial charge in [-0.2, -0.15) is 4.80 Å². The summed E-state index contributed by atoms with van der Waals surface area (Å²) in [5.74, 6) is 0.648. The van der Waals surface area contributed by atoms with Crippen molar-refractivity contribution in [3.63, 3.8) is 0 Å². The molecule has 6 nitrogen and oxygen atoms in total. The molecule has 0 aliphatic rings. The fraction of sp³-hybridized carbons (Fsp3) is 0. The fourth-order valence-corrected chi connectivity index (χ4v) is 6.70. The molecule has 0 saturated carbocycles. The Morgan fingerprint density at radius 1 is 0.458 bits per heavy atom. The van der Waals surface area contributed by atoms with Gasteiger partial charge in [0.05, 0.1) is 17.1 Å². The van der Waals surface area contributed by atoms with Gasteiger partial charge in [0, 0.05) is 32.8 Å². The second-order valence-corrected chi connectivity index (χ2v) is 12.0. The molecule has 0 unspecified atom stereocenters. The van der Waals surface area contributed by atoms with Crippen LogP contribution in [0, 0.1) is 0 Å². The second kappa shape index (κ2) is 10.4. The standard InChI is InChI=1S/C42H25N5O/c1-3-9-27(10-4-1)36-25-37(29-19-21-33-32-13-7-8-14-38(32)48-39(33)24-29)44-42(43-36)30-18-16-26-15-17-28-20-22-35-41(40(28)34(26)23-30)46-47(45-35)31-11-5-2-6-12-31/h1-25H. The number of hydrogen-bond acceptors (Lipinski definition) is 5. The van der Waals surface area contributed by atoms with Gasteiger partial charge in [-0.05, 0) is 64.7 Å². The third-order valence-electron chi connectivity index (χ3n) is 9.07. The van der Waals surface area contributed by atoms with E-state index in [0.29, 0.717) is 5.82 Å². The number of aromatic nitrogens is 5. The lowest BCUT2D eigenvalue weighted by Crippen LogP contribution is -1.97. The van der Waals surface area contributed by atoms with Crippen molar-refractivity contribution in [1.29, 1.82) is 0 Å². The highest BCUT2D eigenvalue weighted by Gasteiger charge is 2.16. The van der Waals surface area contributed by atoms with E-state index >= 15 is 0 Å². The van der Waals surface area contributed by atoms with Crippen LogP contribution < -0.4 is 0 Å². The summed E-state index contributed by atoms with van der Waals surface area (Å²) in [6.45, 7) is 0. The van der Waals surface area contributed by atoms with E-state index < -0.39 is 0 Å². The SMILES string of the molecule is c1ccc(-c2cc(-c3ccc4c(c3)oc3ccccc34)nc(-c3ccc4ccc5ccc6nn(-c7ccccc7)nc6c5c4c3)n2)cc1. The van der Waals surface area contributed by atoms with Crippen molar-refractivity contribution >= 4 is 54.5 Å². The van der Waals surface area contributed by atoms with E-state index in [9.17, 15) is 0 Å². The Morgan fingerprint density at radius 3 is 2.02 bits per heavy atom. The van der Waals surface area contributed by atoms with Crippen molar-refractivity contribution in [2.45, 2.75) is 0 Å². The largest absolute Gasteiger partial charge is 0.456 e. The summed E-state index contributed by atoms with van der Waals surface area (Å²) in [6.07, 6.45) is 0. The summed E-state index contributed by atoms with van der Waals surface area (Å²) < 4.78 is 6.24. The van der Waals surface area contributed by atoms with Crippen LogP contribution in [0.4, 0.5) is 0 Å². The topological polar surface area (TPSA) is 69.6 Å². The van der Waals surface area contributed by atoms with Gasteiger partial charge >= 0.3 is 0 Å². The predicted molar refractivity (Wildman–Crippen MR) is 193 cm³/mol. The third-order valence-corrected chi connectivity index (χ3v) is 9.07. The van der Waals surface area contributed by atoms with E-state index in [4.69, 9.17) is 24.6 Å². The molecule has 0 aliphatic carbocycles. The first-order valence-electron chi connectivity index (χ1n) is 15.9. The minimum Gasteiger partial charge on any atom is -0.456 e. The van der Waals surface area contributed by atoms with Gasteiger partial charge in [-0.15, -0.1) is 10.2 Å². The Labute approximate surface area is 274 Å². The number of hydrogen-bond donors (Lipinski definition) is 0. The van der Waals surface area contributed by atoms with E-state index in [2.05, 4.69) is 78.9 Å². The molecule has 3 aromatic heterocycles. The number of fused-ring (bicyclic) bond motifs is 8. The molecule has 0 fully saturated rings. The molecule has 0 radical (unpaired) electrons. The maximum Gasteiger partial charge on any atom is 0.160 e. The number of nitrogens with zero attached hydrogens (tertiary/aromatic N) is 5. The van der Waals surface area contributed by atoms with Crippen molar-refractivity contribution in [3.8, 4) is 39.6 Å². The van der Waals surface area contributed by atoms with E-state index in [-0.39, 0.29) is 0 Å². The summed E-state index contributed by atoms with van der Waals surface area (Å²) in [5.41, 5.74) is 8.92. The van der Waals surface area contributed by atoms with Gasteiger partial charge in [-0.1, -0.05) is 103 Å². The number of rotatable bonds is 4. The zero-order valence-electron chi connectivity index (χ0n) is 25.6. The zero-order chi connectivity index (χ0) is 31.6. The highest BCUT2D eigenvalue weighted by molar-refractivity contribution is 6.18. The van der Waals surface area contributed by atoms with Gasteiger partial charge in [0.25, 0.3) is 0 Å². The highest BCUT2D eigenvalue weighted by Crippen LogP contribution is 2.36. The van der Waals surface area contributed by atoms with Gasteiger partial charge in [0.15, 0.2) is 5.82 Å². The monoisotopic (exact) mass is 615 g/mol. The molecule has 10 aromatic rings. The summed E-state index contributed by atoms with van der Waals surface area (Å²) in [6, 6.07) is 51.7. The molecule has 48 heavy (non-hydrogen) atoms. The van der Waals surface area contributed by atoms with Crippen molar-refractivity contribution < 1.29 is 4.42 Å². The van der Waals surface area contributed by atoms with Crippen molar-refractivity contribution in [2.75, 3.05) is 0 Å². The van der Waals surface area contributed by atoms with Gasteiger partial charge in [0.2, 0.25) is 0 Å².